The Kier molecular flexibility index (Phi) is 31.5. The molecule has 0 bridgehead atoms. The molecule has 0 aliphatic carbocycles. The molecule has 0 aliphatic heterocycles. The molecule has 0 spiro atoms. The first-order valence-corrected chi connectivity index (χ1v) is 12.1. The summed E-state index contributed by atoms with van der Waals surface area (Å²) in [6, 6.07) is 0.174. The number of carbonyl (C=O) groups is 2. The van der Waals surface area contributed by atoms with Crippen molar-refractivity contribution < 1.29 is 38.7 Å². The Labute approximate surface area is 213 Å². The van der Waals surface area contributed by atoms with Gasteiger partial charge in [0.2, 0.25) is 0 Å². The van der Waals surface area contributed by atoms with Crippen LogP contribution in [0.1, 0.15) is 52.9 Å². The summed E-state index contributed by atoms with van der Waals surface area (Å²) in [7, 11) is 6.61. The second-order valence-corrected chi connectivity index (χ2v) is 8.34. The fraction of sp³-hybridized carbons (Fsp3) is 0.846. The average molecular weight is 506 g/mol. The zero-order chi connectivity index (χ0) is 27.5. The van der Waals surface area contributed by atoms with E-state index in [0.29, 0.717) is 19.3 Å². The molecule has 3 unspecified atom stereocenters. The number of nitrogens with one attached hydrogen (secondary N) is 1. The second-order valence-electron chi connectivity index (χ2n) is 8.34. The number of aldehydes is 1. The summed E-state index contributed by atoms with van der Waals surface area (Å²) >= 11 is 0. The van der Waals surface area contributed by atoms with Gasteiger partial charge in [0.1, 0.15) is 25.6 Å². The third-order valence-electron chi connectivity index (χ3n) is 5.41. The lowest BCUT2D eigenvalue weighted by Gasteiger charge is -2.29. The number of ketones is 1. The first-order chi connectivity index (χ1) is 16.7. The van der Waals surface area contributed by atoms with Gasteiger partial charge in [-0.1, -0.05) is 19.8 Å². The third-order valence-corrected chi connectivity index (χ3v) is 5.41. The molecule has 35 heavy (non-hydrogen) atoms. The Bertz CT molecular complexity index is 512. The van der Waals surface area contributed by atoms with Crippen molar-refractivity contribution in [2.45, 2.75) is 71.1 Å². The van der Waals surface area contributed by atoms with E-state index in [2.05, 4.69) is 22.9 Å². The standard InChI is InChI=1S/C14H29NO4.C9H16O2.C3H6O2/c1-9(7-14(19-5)11(3)17)12(15-4)6-10(2)13(18)8-16;1-3-7-11-9-6-4-5-8-10-2;1-5-3-2-4/h9-10,12-16,18H,6-8H2,1-5H3;1H,4-9H2,2H3;2H,3H2,1H3/t9-,10?,12?,13+,14?;;/m0../s1. The van der Waals surface area contributed by atoms with Gasteiger partial charge < -0.3 is 39.3 Å². The Morgan fingerprint density at radius 3 is 2.09 bits per heavy atom. The van der Waals surface area contributed by atoms with Gasteiger partial charge in [-0.05, 0) is 57.9 Å². The number of Topliss-reactive ketones (excluding diaryl/α,β-unsaturated/α-hetero) is 1. The first kappa shape index (κ1) is 38.2. The van der Waals surface area contributed by atoms with Crippen molar-refractivity contribution in [3.05, 3.63) is 0 Å². The zero-order valence-electron chi connectivity index (χ0n) is 23.0. The number of rotatable bonds is 19. The van der Waals surface area contributed by atoms with Crippen molar-refractivity contribution in [3.8, 4) is 12.3 Å². The highest BCUT2D eigenvalue weighted by molar-refractivity contribution is 5.80. The van der Waals surface area contributed by atoms with Gasteiger partial charge in [-0.25, -0.2) is 0 Å². The van der Waals surface area contributed by atoms with E-state index in [1.54, 1.807) is 14.2 Å². The average Bonchev–Trinajstić information content (AvgIpc) is 2.85. The highest BCUT2D eigenvalue weighted by Crippen LogP contribution is 2.21. The number of hydrogen-bond donors (Lipinski definition) is 3. The number of terminal acetylenes is 1. The molecule has 0 saturated carbocycles. The third kappa shape index (κ3) is 25.5. The number of ether oxygens (including phenoxy) is 4. The van der Waals surface area contributed by atoms with Crippen LogP contribution in [0.15, 0.2) is 0 Å². The quantitative estimate of drug-likeness (QED) is 0.137. The number of unbranched alkanes of at least 4 members (excludes halogenated alkanes) is 2. The molecule has 0 aromatic carbocycles. The molecule has 5 atom stereocenters. The van der Waals surface area contributed by atoms with Crippen LogP contribution in [0.5, 0.6) is 0 Å². The van der Waals surface area contributed by atoms with Crippen LogP contribution < -0.4 is 5.32 Å². The molecule has 0 amide bonds. The highest BCUT2D eigenvalue weighted by atomic mass is 16.5. The maximum Gasteiger partial charge on any atom is 0.158 e. The van der Waals surface area contributed by atoms with E-state index >= 15 is 0 Å². The molecule has 9 nitrogen and oxygen atoms in total. The Morgan fingerprint density at radius 2 is 1.69 bits per heavy atom. The van der Waals surface area contributed by atoms with Crippen molar-refractivity contribution in [1.29, 1.82) is 0 Å². The van der Waals surface area contributed by atoms with Gasteiger partial charge in [-0.15, -0.1) is 6.42 Å². The number of hydrogen-bond acceptors (Lipinski definition) is 9. The maximum absolute atomic E-state index is 11.4. The SMILES string of the molecule is C#CCOCCCCCOC.CNC(CC(C)[C@H](O)CO)[C@@H](C)CC(OC)C(C)=O.COCC=O. The lowest BCUT2D eigenvalue weighted by molar-refractivity contribution is -0.127. The lowest BCUT2D eigenvalue weighted by atomic mass is 9.86. The lowest BCUT2D eigenvalue weighted by Crippen LogP contribution is -2.39. The van der Waals surface area contributed by atoms with E-state index in [4.69, 9.17) is 25.7 Å². The van der Waals surface area contributed by atoms with E-state index < -0.39 is 6.10 Å². The van der Waals surface area contributed by atoms with Crippen LogP contribution in [0.3, 0.4) is 0 Å². The van der Waals surface area contributed by atoms with Crippen LogP contribution in [0.2, 0.25) is 0 Å². The van der Waals surface area contributed by atoms with Gasteiger partial charge in [-0.2, -0.15) is 0 Å². The summed E-state index contributed by atoms with van der Waals surface area (Å²) in [5, 5.41) is 21.8. The number of carbonyl (C=O) groups excluding carboxylic acids is 2. The van der Waals surface area contributed by atoms with E-state index in [9.17, 15) is 14.7 Å². The molecular formula is C26H51NO8. The summed E-state index contributed by atoms with van der Waals surface area (Å²) in [4.78, 5) is 20.7. The summed E-state index contributed by atoms with van der Waals surface area (Å²) in [5.74, 6) is 2.70. The van der Waals surface area contributed by atoms with E-state index in [1.807, 2.05) is 14.0 Å². The minimum absolute atomic E-state index is 0.00298. The van der Waals surface area contributed by atoms with Crippen molar-refractivity contribution >= 4 is 12.1 Å². The van der Waals surface area contributed by atoms with E-state index in [1.165, 1.54) is 14.0 Å². The fourth-order valence-electron chi connectivity index (χ4n) is 3.13. The van der Waals surface area contributed by atoms with Crippen molar-refractivity contribution in [3.63, 3.8) is 0 Å². The summed E-state index contributed by atoms with van der Waals surface area (Å²) in [6.07, 6.45) is 9.36. The van der Waals surface area contributed by atoms with E-state index in [0.717, 1.165) is 38.9 Å². The molecule has 0 radical (unpaired) electrons. The Balaban J connectivity index is -0.000000536. The fourth-order valence-corrected chi connectivity index (χ4v) is 3.13. The molecule has 0 aromatic heterocycles. The largest absolute Gasteiger partial charge is 0.394 e. The molecule has 9 heteroatoms. The molecule has 0 rings (SSSR count). The van der Waals surface area contributed by atoms with Gasteiger partial charge in [0.05, 0.1) is 12.7 Å². The zero-order valence-corrected chi connectivity index (χ0v) is 23.0. The van der Waals surface area contributed by atoms with Crippen LogP contribution in [-0.4, -0.2) is 102 Å². The van der Waals surface area contributed by atoms with Crippen molar-refractivity contribution in [2.75, 3.05) is 61.4 Å². The topological polar surface area (TPSA) is 124 Å². The highest BCUT2D eigenvalue weighted by Gasteiger charge is 2.25. The molecule has 0 fully saturated rings. The van der Waals surface area contributed by atoms with Crippen LogP contribution in [0.25, 0.3) is 0 Å². The molecule has 208 valence electrons. The van der Waals surface area contributed by atoms with Gasteiger partial charge in [0.15, 0.2) is 5.78 Å². The first-order valence-electron chi connectivity index (χ1n) is 12.1. The van der Waals surface area contributed by atoms with Crippen LogP contribution in [0, 0.1) is 24.2 Å². The second kappa shape index (κ2) is 28.9. The predicted molar refractivity (Wildman–Crippen MR) is 138 cm³/mol. The minimum atomic E-state index is -0.700. The molecular weight excluding hydrogens is 454 g/mol. The van der Waals surface area contributed by atoms with Gasteiger partial charge in [-0.3, -0.25) is 4.79 Å². The van der Waals surface area contributed by atoms with Crippen LogP contribution >= 0.6 is 0 Å². The Hall–Kier alpha value is -1.38. The van der Waals surface area contributed by atoms with Gasteiger partial charge in [0.25, 0.3) is 0 Å². The molecule has 0 heterocycles. The van der Waals surface area contributed by atoms with E-state index in [-0.39, 0.29) is 43.0 Å². The number of methoxy groups -OCH3 is 3. The normalized spacial score (nSPS) is 14.6. The number of aliphatic hydroxyl groups is 2. The summed E-state index contributed by atoms with van der Waals surface area (Å²) in [5.41, 5.74) is 0. The smallest absolute Gasteiger partial charge is 0.158 e. The summed E-state index contributed by atoms with van der Waals surface area (Å²) < 4.78 is 19.5. The maximum atomic E-state index is 11.4. The summed E-state index contributed by atoms with van der Waals surface area (Å²) in [6.45, 7) is 7.55. The van der Waals surface area contributed by atoms with Gasteiger partial charge in [0, 0.05) is 40.6 Å². The monoisotopic (exact) mass is 505 g/mol. The van der Waals surface area contributed by atoms with Crippen molar-refractivity contribution in [1.82, 2.24) is 5.32 Å². The van der Waals surface area contributed by atoms with Crippen molar-refractivity contribution in [2.24, 2.45) is 11.8 Å². The molecule has 0 aliphatic rings. The van der Waals surface area contributed by atoms with Crippen LogP contribution in [-0.2, 0) is 28.5 Å². The van der Waals surface area contributed by atoms with Gasteiger partial charge >= 0.3 is 0 Å². The number of aliphatic hydroxyl groups excluding tert-OH is 2. The Morgan fingerprint density at radius 1 is 1.06 bits per heavy atom. The molecule has 0 aromatic rings. The molecule has 3 N–H and O–H groups in total. The van der Waals surface area contributed by atoms with Crippen LogP contribution in [0.4, 0.5) is 0 Å². The predicted octanol–water partition coefficient (Wildman–Crippen LogP) is 1.87. The minimum Gasteiger partial charge on any atom is -0.394 e. The molecule has 0 saturated heterocycles.